The zero-order valence-electron chi connectivity index (χ0n) is 26.9. The number of aromatic nitrogens is 4. The molecule has 0 atom stereocenters. The predicted molar refractivity (Wildman–Crippen MR) is 201 cm³/mol. The topological polar surface area (TPSA) is 236 Å². The van der Waals surface area contributed by atoms with Crippen LogP contribution in [0.3, 0.4) is 0 Å². The fourth-order valence-electron chi connectivity index (χ4n) is 8.88. The minimum absolute atomic E-state index is 0.00795. The third-order valence-corrected chi connectivity index (χ3v) is 14.1. The zero-order chi connectivity index (χ0) is 37.8. The van der Waals surface area contributed by atoms with Gasteiger partial charge in [-0.2, -0.15) is 8.42 Å². The number of benzene rings is 7. The number of hydrogen-bond donors (Lipinski definition) is 4. The molecule has 12 rings (SSSR count). The fraction of sp³-hybridized carbons (Fsp3) is 0. The molecule has 0 radical (unpaired) electrons. The number of sulfone groups is 1. The third-order valence-electron chi connectivity index (χ3n) is 10.9. The maximum atomic E-state index is 14.8. The molecule has 1 aliphatic heterocycles. The summed E-state index contributed by atoms with van der Waals surface area (Å²) in [4.78, 5) is 50.7. The molecule has 7 aromatic carbocycles. The largest absolute Gasteiger partial charge is 0.507 e. The highest BCUT2D eigenvalue weighted by Gasteiger charge is 2.38. The average molecular weight is 791 g/mol. The minimum atomic E-state index is -4.67. The lowest BCUT2D eigenvalue weighted by molar-refractivity contribution is -0.432. The summed E-state index contributed by atoms with van der Waals surface area (Å²) in [6.07, 6.45) is 0. The molecule has 0 bridgehead atoms. The van der Waals surface area contributed by atoms with Crippen molar-refractivity contribution in [2.45, 2.75) is 19.6 Å². The summed E-state index contributed by atoms with van der Waals surface area (Å²) in [5, 5.41) is 25.7. The molecule has 11 aromatic rings. The molecule has 0 saturated carbocycles. The van der Waals surface area contributed by atoms with Gasteiger partial charge in [-0.15, -0.1) is 4.33 Å². The van der Waals surface area contributed by atoms with Crippen LogP contribution >= 0.6 is 12.0 Å². The molecule has 0 aliphatic carbocycles. The highest BCUT2D eigenvalue weighted by molar-refractivity contribution is 7.94. The number of aromatic amines is 1. The first-order chi connectivity index (χ1) is 26.3. The van der Waals surface area contributed by atoms with E-state index in [0.717, 1.165) is 16.5 Å². The number of phenols is 1. The first-order valence-electron chi connectivity index (χ1n) is 16.1. The van der Waals surface area contributed by atoms with E-state index in [1.807, 2.05) is 0 Å². The van der Waals surface area contributed by atoms with Crippen molar-refractivity contribution in [3.05, 3.63) is 91.6 Å². The number of rotatable bonds is 4. The van der Waals surface area contributed by atoms with Crippen molar-refractivity contribution in [2.24, 2.45) is 0 Å². The van der Waals surface area contributed by atoms with Crippen LogP contribution in [0.4, 0.5) is 0 Å². The van der Waals surface area contributed by atoms with Crippen LogP contribution in [-0.4, -0.2) is 50.5 Å². The SMILES string of the molecule is O=c1cc2c3c(cc4c5c6c(cc7c8c(cc(O)c(c1c53)c68)c(=O)n1c3cc(S(=O)(=O)O)ccc3[nH]c71)S4(=O)=O)c(=O)n1c3cc(SOOO)ccc3nc21. The van der Waals surface area contributed by atoms with Crippen molar-refractivity contribution < 1.29 is 41.1 Å². The number of imidazole rings is 2. The van der Waals surface area contributed by atoms with Gasteiger partial charge in [-0.25, -0.2) is 18.7 Å². The van der Waals surface area contributed by atoms with Crippen LogP contribution in [0.5, 0.6) is 5.75 Å². The van der Waals surface area contributed by atoms with E-state index in [1.165, 1.54) is 34.7 Å². The zero-order valence-corrected chi connectivity index (χ0v) is 29.3. The van der Waals surface area contributed by atoms with Crippen LogP contribution < -0.4 is 16.5 Å². The van der Waals surface area contributed by atoms with E-state index in [4.69, 9.17) is 5.26 Å². The number of phenolic OH excluding ortho intramolecular Hbond substituents is 1. The highest BCUT2D eigenvalue weighted by atomic mass is 32.2. The molecule has 5 heterocycles. The fourth-order valence-corrected chi connectivity index (χ4v) is 11.5. The van der Waals surface area contributed by atoms with E-state index < -0.39 is 47.1 Å². The smallest absolute Gasteiger partial charge is 0.294 e. The summed E-state index contributed by atoms with van der Waals surface area (Å²) in [5.74, 6) is -0.500. The predicted octanol–water partition coefficient (Wildman–Crippen LogP) is 5.06. The van der Waals surface area contributed by atoms with Crippen molar-refractivity contribution in [2.75, 3.05) is 0 Å². The summed E-state index contributed by atoms with van der Waals surface area (Å²) in [5.41, 5.74) is -0.675. The van der Waals surface area contributed by atoms with Crippen molar-refractivity contribution in [3.8, 4) is 5.75 Å². The van der Waals surface area contributed by atoms with Crippen molar-refractivity contribution >= 4 is 130 Å². The van der Waals surface area contributed by atoms with Gasteiger partial charge in [0.25, 0.3) is 21.2 Å². The van der Waals surface area contributed by atoms with Gasteiger partial charge in [-0.3, -0.25) is 27.7 Å². The number of fused-ring (bicyclic) bond motifs is 9. The minimum Gasteiger partial charge on any atom is -0.507 e. The molecule has 4 N–H and O–H groups in total. The third kappa shape index (κ3) is 3.48. The highest BCUT2D eigenvalue weighted by Crippen LogP contribution is 2.55. The summed E-state index contributed by atoms with van der Waals surface area (Å²) in [7, 11) is -9.12. The second-order valence-electron chi connectivity index (χ2n) is 13.4. The molecule has 55 heavy (non-hydrogen) atoms. The summed E-state index contributed by atoms with van der Waals surface area (Å²) < 4.78 is 70.3. The lowest BCUT2D eigenvalue weighted by Gasteiger charge is -2.17. The molecule has 0 fully saturated rings. The molecule has 16 nitrogen and oxygen atoms in total. The average Bonchev–Trinajstić information content (AvgIpc) is 3.80. The molecule has 1 aliphatic rings. The van der Waals surface area contributed by atoms with Crippen molar-refractivity contribution in [1.29, 1.82) is 0 Å². The number of pyridine rings is 2. The number of H-pyrrole nitrogens is 1. The first kappa shape index (κ1) is 31.2. The molecular formula is C36H14N4O12S3. The van der Waals surface area contributed by atoms with Crippen LogP contribution in [-0.2, 0) is 29.3 Å². The molecule has 19 heteroatoms. The monoisotopic (exact) mass is 790 g/mol. The standard InChI is InChI=1S/C36H14N4O12S3/c41-21-7-13-25-16(36(44)39-19-5-11(53-52-51-45)1-3-17(19)37-33(13)39)10-24-30-29-23(54(24,46)47)9-14-26-15(8-22(42)28(32(26)29)27(21)31(25)30)35(43)40-20-6-12(55(48,49)50)2-4-18(20)38-34(14)40/h1-10,38,42,45H,(H,48,49,50). The summed E-state index contributed by atoms with van der Waals surface area (Å²) >= 11 is 0.660. The van der Waals surface area contributed by atoms with Crippen LogP contribution in [0.1, 0.15) is 0 Å². The Balaban J connectivity index is 1.32. The van der Waals surface area contributed by atoms with E-state index >= 15 is 0 Å². The molecule has 0 spiro atoms. The summed E-state index contributed by atoms with van der Waals surface area (Å²) in [6, 6.07) is 13.5. The Kier molecular flexibility index (Phi) is 5.41. The molecule has 0 unspecified atom stereocenters. The number of hydrogen-bond acceptors (Lipinski definition) is 13. The van der Waals surface area contributed by atoms with Crippen molar-refractivity contribution in [1.82, 2.24) is 18.8 Å². The Morgan fingerprint density at radius 1 is 0.727 bits per heavy atom. The number of nitrogens with zero attached hydrogens (tertiary/aromatic N) is 3. The quantitative estimate of drug-likeness (QED) is 0.0456. The maximum Gasteiger partial charge on any atom is 0.294 e. The molecule has 4 aromatic heterocycles. The Morgan fingerprint density at radius 3 is 2.16 bits per heavy atom. The lowest BCUT2D eigenvalue weighted by Crippen LogP contribution is -2.16. The van der Waals surface area contributed by atoms with Gasteiger partial charge >= 0.3 is 0 Å². The van der Waals surface area contributed by atoms with Gasteiger partial charge in [-0.1, -0.05) is 5.04 Å². The van der Waals surface area contributed by atoms with Gasteiger partial charge in [0.2, 0.25) is 9.84 Å². The van der Waals surface area contributed by atoms with Gasteiger partial charge < -0.3 is 10.1 Å². The van der Waals surface area contributed by atoms with Crippen LogP contribution in [0.25, 0.3) is 98.0 Å². The second-order valence-corrected chi connectivity index (χ2v) is 17.5. The first-order valence-corrected chi connectivity index (χ1v) is 19.8. The van der Waals surface area contributed by atoms with Crippen molar-refractivity contribution in [3.63, 3.8) is 0 Å². The number of nitrogens with one attached hydrogen (secondary N) is 1. The van der Waals surface area contributed by atoms with Gasteiger partial charge in [0, 0.05) is 58.8 Å². The van der Waals surface area contributed by atoms with E-state index in [0.29, 0.717) is 28.0 Å². The Morgan fingerprint density at radius 2 is 1.42 bits per heavy atom. The van der Waals surface area contributed by atoms with Gasteiger partial charge in [0.15, 0.2) is 5.43 Å². The van der Waals surface area contributed by atoms with Gasteiger partial charge in [0.1, 0.15) is 17.0 Å². The lowest BCUT2D eigenvalue weighted by atomic mass is 9.85. The van der Waals surface area contributed by atoms with E-state index in [9.17, 15) is 40.9 Å². The van der Waals surface area contributed by atoms with Crippen LogP contribution in [0, 0.1) is 0 Å². The molecule has 0 saturated heterocycles. The molecule has 0 amide bonds. The Bertz CT molecular complexity index is 4120. The van der Waals surface area contributed by atoms with E-state index in [2.05, 4.69) is 19.3 Å². The maximum absolute atomic E-state index is 14.8. The van der Waals surface area contributed by atoms with Gasteiger partial charge in [-0.05, 0) is 60.7 Å². The van der Waals surface area contributed by atoms with Crippen LogP contribution in [0.15, 0.2) is 94.6 Å². The Labute approximate surface area is 305 Å². The number of aromatic hydroxyl groups is 1. The van der Waals surface area contributed by atoms with Crippen LogP contribution in [0.2, 0.25) is 0 Å². The normalized spacial score (nSPS) is 14.6. The molecular weight excluding hydrogens is 777 g/mol. The van der Waals surface area contributed by atoms with Gasteiger partial charge in [0.05, 0.1) is 59.6 Å². The van der Waals surface area contributed by atoms with E-state index in [1.54, 1.807) is 18.2 Å². The Hall–Kier alpha value is -6.19. The van der Waals surface area contributed by atoms with E-state index in [-0.39, 0.29) is 96.8 Å². The molecule has 268 valence electrons. The summed E-state index contributed by atoms with van der Waals surface area (Å²) in [6.45, 7) is 0. The second kappa shape index (κ2) is 9.54.